The molecule has 1 saturated heterocycles. The second kappa shape index (κ2) is 8.06. The van der Waals surface area contributed by atoms with E-state index < -0.39 is 0 Å². The molecule has 1 aliphatic heterocycles. The molecular weight excluding hydrogens is 362 g/mol. The molecule has 146 valence electrons. The number of hydrogen-bond donors (Lipinski definition) is 1. The van der Waals surface area contributed by atoms with Crippen LogP contribution in [0.4, 0.5) is 14.5 Å². The van der Waals surface area contributed by atoms with Crippen LogP contribution in [-0.4, -0.2) is 23.2 Å². The standard InChI is InChI=1S/C21H22F2N4O/c1-14(21-25-20(26-28-21)15-6-4-7-16(22)12-15)24-13-17-18(23)8-5-9-19(17)27-10-2-3-11-27/h4-9,12,14,24H,2-3,10-11,13H2,1H3/t14-/m1/s1. The van der Waals surface area contributed by atoms with Gasteiger partial charge in [0.05, 0.1) is 6.04 Å². The van der Waals surface area contributed by atoms with Crippen LogP contribution >= 0.6 is 0 Å². The van der Waals surface area contributed by atoms with E-state index >= 15 is 0 Å². The first-order valence-electron chi connectivity index (χ1n) is 9.47. The smallest absolute Gasteiger partial charge is 0.243 e. The van der Waals surface area contributed by atoms with Gasteiger partial charge in [0.25, 0.3) is 0 Å². The predicted octanol–water partition coefficient (Wildman–Crippen LogP) is 4.47. The van der Waals surface area contributed by atoms with Crippen molar-refractivity contribution in [1.29, 1.82) is 0 Å². The number of hydrogen-bond acceptors (Lipinski definition) is 5. The number of benzene rings is 2. The van der Waals surface area contributed by atoms with Crippen LogP contribution in [0.15, 0.2) is 47.0 Å². The van der Waals surface area contributed by atoms with Gasteiger partial charge in [-0.15, -0.1) is 0 Å². The molecule has 1 aromatic heterocycles. The first-order valence-corrected chi connectivity index (χ1v) is 9.47. The zero-order valence-electron chi connectivity index (χ0n) is 15.7. The van der Waals surface area contributed by atoms with Crippen molar-refractivity contribution in [1.82, 2.24) is 15.5 Å². The SMILES string of the molecule is C[C@@H](NCc1c(F)cccc1N1CCCC1)c1nc(-c2cccc(F)c2)no1. The van der Waals surface area contributed by atoms with Crippen molar-refractivity contribution >= 4 is 5.69 Å². The molecule has 1 N–H and O–H groups in total. The van der Waals surface area contributed by atoms with Crippen molar-refractivity contribution in [2.45, 2.75) is 32.4 Å². The van der Waals surface area contributed by atoms with Crippen LogP contribution in [0.2, 0.25) is 0 Å². The molecule has 5 nitrogen and oxygen atoms in total. The summed E-state index contributed by atoms with van der Waals surface area (Å²) in [6, 6.07) is 11.0. The Morgan fingerprint density at radius 2 is 1.93 bits per heavy atom. The van der Waals surface area contributed by atoms with Crippen LogP contribution in [0, 0.1) is 11.6 Å². The maximum Gasteiger partial charge on any atom is 0.243 e. The second-order valence-electron chi connectivity index (χ2n) is 7.00. The van der Waals surface area contributed by atoms with Gasteiger partial charge in [-0.2, -0.15) is 4.98 Å². The summed E-state index contributed by atoms with van der Waals surface area (Å²) >= 11 is 0. The summed E-state index contributed by atoms with van der Waals surface area (Å²) in [5, 5.41) is 7.19. The highest BCUT2D eigenvalue weighted by molar-refractivity contribution is 5.55. The maximum absolute atomic E-state index is 14.5. The zero-order chi connectivity index (χ0) is 19.5. The van der Waals surface area contributed by atoms with Crippen molar-refractivity contribution in [2.75, 3.05) is 18.0 Å². The van der Waals surface area contributed by atoms with Crippen molar-refractivity contribution < 1.29 is 13.3 Å². The summed E-state index contributed by atoms with van der Waals surface area (Å²) in [6.45, 7) is 4.12. The summed E-state index contributed by atoms with van der Waals surface area (Å²) in [7, 11) is 0. The van der Waals surface area contributed by atoms with Gasteiger partial charge in [-0.1, -0.05) is 23.4 Å². The molecule has 0 unspecified atom stereocenters. The molecule has 0 saturated carbocycles. The quantitative estimate of drug-likeness (QED) is 0.680. The van der Waals surface area contributed by atoms with Gasteiger partial charge in [0.2, 0.25) is 11.7 Å². The van der Waals surface area contributed by atoms with E-state index in [0.717, 1.165) is 31.6 Å². The van der Waals surface area contributed by atoms with Gasteiger partial charge in [0.15, 0.2) is 0 Å². The lowest BCUT2D eigenvalue weighted by Gasteiger charge is -2.22. The fourth-order valence-electron chi connectivity index (χ4n) is 3.47. The first-order chi connectivity index (χ1) is 13.6. The van der Waals surface area contributed by atoms with Crippen LogP contribution < -0.4 is 10.2 Å². The van der Waals surface area contributed by atoms with E-state index in [4.69, 9.17) is 4.52 Å². The third-order valence-corrected chi connectivity index (χ3v) is 5.02. The van der Waals surface area contributed by atoms with E-state index in [1.807, 2.05) is 13.0 Å². The highest BCUT2D eigenvalue weighted by Gasteiger charge is 2.20. The van der Waals surface area contributed by atoms with E-state index in [1.54, 1.807) is 18.2 Å². The Morgan fingerprint density at radius 3 is 2.71 bits per heavy atom. The number of anilines is 1. The monoisotopic (exact) mass is 384 g/mol. The summed E-state index contributed by atoms with van der Waals surface area (Å²) < 4.78 is 33.2. The number of halogens is 2. The topological polar surface area (TPSA) is 54.2 Å². The van der Waals surface area contributed by atoms with Crippen LogP contribution in [0.1, 0.15) is 37.3 Å². The van der Waals surface area contributed by atoms with Gasteiger partial charge in [-0.25, -0.2) is 8.78 Å². The van der Waals surface area contributed by atoms with Gasteiger partial charge in [-0.05, 0) is 44.0 Å². The largest absolute Gasteiger partial charge is 0.371 e. The van der Waals surface area contributed by atoms with Crippen molar-refractivity contribution in [3.63, 3.8) is 0 Å². The fraction of sp³-hybridized carbons (Fsp3) is 0.333. The summed E-state index contributed by atoms with van der Waals surface area (Å²) in [5.74, 6) is 0.115. The van der Waals surface area contributed by atoms with Crippen molar-refractivity contribution in [3.05, 3.63) is 65.6 Å². The van der Waals surface area contributed by atoms with Gasteiger partial charge < -0.3 is 14.7 Å². The van der Waals surface area contributed by atoms with Gasteiger partial charge >= 0.3 is 0 Å². The highest BCUT2D eigenvalue weighted by atomic mass is 19.1. The molecular formula is C21H22F2N4O. The molecule has 2 aromatic carbocycles. The number of nitrogens with one attached hydrogen (secondary N) is 1. The number of aromatic nitrogens is 2. The number of rotatable bonds is 6. The minimum atomic E-state index is -0.357. The third-order valence-electron chi connectivity index (χ3n) is 5.02. The van der Waals surface area contributed by atoms with E-state index in [2.05, 4.69) is 20.4 Å². The van der Waals surface area contributed by atoms with E-state index in [-0.39, 0.29) is 17.7 Å². The minimum Gasteiger partial charge on any atom is -0.371 e. The fourth-order valence-corrected chi connectivity index (χ4v) is 3.47. The van der Waals surface area contributed by atoms with Crippen LogP contribution in [0.25, 0.3) is 11.4 Å². The van der Waals surface area contributed by atoms with Crippen LogP contribution in [0.5, 0.6) is 0 Å². The van der Waals surface area contributed by atoms with Gasteiger partial charge in [0, 0.05) is 36.4 Å². The Morgan fingerprint density at radius 1 is 1.14 bits per heavy atom. The predicted molar refractivity (Wildman–Crippen MR) is 103 cm³/mol. The lowest BCUT2D eigenvalue weighted by molar-refractivity contribution is 0.338. The molecule has 1 fully saturated rings. The van der Waals surface area contributed by atoms with Crippen molar-refractivity contribution in [3.8, 4) is 11.4 Å². The molecule has 0 aliphatic carbocycles. The summed E-state index contributed by atoms with van der Waals surface area (Å²) in [4.78, 5) is 6.57. The lowest BCUT2D eigenvalue weighted by Crippen LogP contribution is -2.24. The molecule has 1 atom stereocenters. The highest BCUT2D eigenvalue weighted by Crippen LogP contribution is 2.27. The van der Waals surface area contributed by atoms with Crippen molar-refractivity contribution in [2.24, 2.45) is 0 Å². The first kappa shape index (κ1) is 18.6. The van der Waals surface area contributed by atoms with Crippen LogP contribution in [-0.2, 0) is 6.54 Å². The summed E-state index contributed by atoms with van der Waals surface area (Å²) in [5.41, 5.74) is 2.12. The molecule has 0 radical (unpaired) electrons. The third kappa shape index (κ3) is 3.89. The minimum absolute atomic E-state index is 0.227. The second-order valence-corrected chi connectivity index (χ2v) is 7.00. The average Bonchev–Trinajstić information content (AvgIpc) is 3.39. The Kier molecular flexibility index (Phi) is 5.34. The number of nitrogens with zero attached hydrogens (tertiary/aromatic N) is 3. The molecule has 28 heavy (non-hydrogen) atoms. The van der Waals surface area contributed by atoms with Gasteiger partial charge in [-0.3, -0.25) is 0 Å². The molecule has 0 spiro atoms. The molecule has 7 heteroatoms. The molecule has 4 rings (SSSR count). The van der Waals surface area contributed by atoms with Crippen LogP contribution in [0.3, 0.4) is 0 Å². The Hall–Kier alpha value is -2.80. The molecule has 1 aliphatic rings. The molecule has 2 heterocycles. The Bertz CT molecular complexity index is 953. The zero-order valence-corrected chi connectivity index (χ0v) is 15.7. The average molecular weight is 384 g/mol. The van der Waals surface area contributed by atoms with E-state index in [1.165, 1.54) is 18.2 Å². The molecule has 0 bridgehead atoms. The Balaban J connectivity index is 1.47. The lowest BCUT2D eigenvalue weighted by atomic mass is 10.1. The molecule has 0 amide bonds. The van der Waals surface area contributed by atoms with E-state index in [0.29, 0.717) is 29.4 Å². The van der Waals surface area contributed by atoms with Gasteiger partial charge in [0.1, 0.15) is 11.6 Å². The van der Waals surface area contributed by atoms with E-state index in [9.17, 15) is 8.78 Å². The Labute approximate surface area is 162 Å². The maximum atomic E-state index is 14.5. The summed E-state index contributed by atoms with van der Waals surface area (Å²) in [6.07, 6.45) is 2.26. The molecule has 3 aromatic rings. The normalized spacial score (nSPS) is 15.2.